The Kier molecular flexibility index (Phi) is 8.13. The molecule has 1 aliphatic heterocycles. The number of hydrogen-bond acceptors (Lipinski definition) is 7. The molecule has 7 nitrogen and oxygen atoms in total. The van der Waals surface area contributed by atoms with E-state index in [0.717, 1.165) is 35.8 Å². The lowest BCUT2D eigenvalue weighted by atomic mass is 10.1. The summed E-state index contributed by atoms with van der Waals surface area (Å²) in [5, 5.41) is 9.47. The Hall–Kier alpha value is -2.87. The SMILES string of the molecule is CCC1=CN=C(N(Cc2ccc(OC)cc2COC)S(=O)(=O)c2ccc(F)c(C#N)c2)SC1. The second-order valence-electron chi connectivity index (χ2n) is 7.17. The first-order valence-electron chi connectivity index (χ1n) is 10.1. The third-order valence-corrected chi connectivity index (χ3v) is 8.03. The first kappa shape index (κ1) is 24.8. The van der Waals surface area contributed by atoms with Gasteiger partial charge in [-0.05, 0) is 53.5 Å². The van der Waals surface area contributed by atoms with Gasteiger partial charge >= 0.3 is 0 Å². The highest BCUT2D eigenvalue weighted by atomic mass is 32.2. The number of thioether (sulfide) groups is 1. The zero-order valence-electron chi connectivity index (χ0n) is 18.5. The van der Waals surface area contributed by atoms with Gasteiger partial charge in [0.05, 0.1) is 30.7 Å². The summed E-state index contributed by atoms with van der Waals surface area (Å²) in [6, 6.07) is 10.2. The monoisotopic (exact) mass is 489 g/mol. The highest BCUT2D eigenvalue weighted by Gasteiger charge is 2.31. The highest BCUT2D eigenvalue weighted by molar-refractivity contribution is 8.15. The van der Waals surface area contributed by atoms with Gasteiger partial charge in [-0.3, -0.25) is 0 Å². The molecule has 1 heterocycles. The lowest BCUT2D eigenvalue weighted by Gasteiger charge is -2.28. The number of aliphatic imine (C=N–C) groups is 1. The summed E-state index contributed by atoms with van der Waals surface area (Å²) in [6.45, 7) is 2.25. The van der Waals surface area contributed by atoms with E-state index in [1.807, 2.05) is 6.92 Å². The summed E-state index contributed by atoms with van der Waals surface area (Å²) in [6.07, 6.45) is 2.50. The van der Waals surface area contributed by atoms with E-state index in [-0.39, 0.29) is 23.6 Å². The number of halogens is 1. The first-order valence-corrected chi connectivity index (χ1v) is 12.5. The minimum atomic E-state index is -4.16. The minimum Gasteiger partial charge on any atom is -0.497 e. The van der Waals surface area contributed by atoms with E-state index in [0.29, 0.717) is 22.2 Å². The van der Waals surface area contributed by atoms with Gasteiger partial charge in [-0.1, -0.05) is 24.8 Å². The van der Waals surface area contributed by atoms with E-state index < -0.39 is 15.8 Å². The molecule has 2 aromatic rings. The van der Waals surface area contributed by atoms with Crippen molar-refractivity contribution < 1.29 is 22.3 Å². The smallest absolute Gasteiger partial charge is 0.266 e. The number of benzene rings is 2. The van der Waals surface area contributed by atoms with E-state index in [1.165, 1.54) is 16.1 Å². The van der Waals surface area contributed by atoms with Gasteiger partial charge in [0.1, 0.15) is 17.6 Å². The number of ether oxygens (including phenoxy) is 2. The van der Waals surface area contributed by atoms with Crippen LogP contribution < -0.4 is 4.74 Å². The molecule has 10 heteroatoms. The van der Waals surface area contributed by atoms with Crippen molar-refractivity contribution >= 4 is 27.0 Å². The normalized spacial score (nSPS) is 13.7. The van der Waals surface area contributed by atoms with Crippen LogP contribution in [0.15, 0.2) is 58.1 Å². The average molecular weight is 490 g/mol. The second-order valence-corrected chi connectivity index (χ2v) is 9.98. The molecule has 0 N–H and O–H groups in total. The van der Waals surface area contributed by atoms with Crippen molar-refractivity contribution in [3.05, 3.63) is 70.7 Å². The van der Waals surface area contributed by atoms with Crippen molar-refractivity contribution in [2.45, 2.75) is 31.4 Å². The van der Waals surface area contributed by atoms with Crippen LogP contribution in [0.25, 0.3) is 0 Å². The van der Waals surface area contributed by atoms with E-state index in [1.54, 1.807) is 44.7 Å². The van der Waals surface area contributed by atoms with Crippen molar-refractivity contribution in [2.75, 3.05) is 20.0 Å². The van der Waals surface area contributed by atoms with E-state index in [4.69, 9.17) is 9.47 Å². The van der Waals surface area contributed by atoms with Crippen LogP contribution in [-0.2, 0) is 27.9 Å². The molecule has 0 aliphatic carbocycles. The molecule has 174 valence electrons. The number of nitrogens with zero attached hydrogens (tertiary/aromatic N) is 3. The van der Waals surface area contributed by atoms with Crippen molar-refractivity contribution in [3.63, 3.8) is 0 Å². The number of methoxy groups -OCH3 is 2. The van der Waals surface area contributed by atoms with Gasteiger partial charge < -0.3 is 9.47 Å². The summed E-state index contributed by atoms with van der Waals surface area (Å²) in [4.78, 5) is 4.22. The van der Waals surface area contributed by atoms with Gasteiger partial charge in [-0.25, -0.2) is 22.1 Å². The van der Waals surface area contributed by atoms with Gasteiger partial charge in [0.15, 0.2) is 5.17 Å². The highest BCUT2D eigenvalue weighted by Crippen LogP contribution is 2.30. The fourth-order valence-electron chi connectivity index (χ4n) is 3.17. The molecular weight excluding hydrogens is 465 g/mol. The molecule has 0 atom stereocenters. The lowest BCUT2D eigenvalue weighted by molar-refractivity contribution is 0.183. The van der Waals surface area contributed by atoms with Crippen molar-refractivity contribution in [1.82, 2.24) is 4.31 Å². The van der Waals surface area contributed by atoms with E-state index >= 15 is 0 Å². The molecule has 3 rings (SSSR count). The van der Waals surface area contributed by atoms with Crippen LogP contribution in [0.4, 0.5) is 4.39 Å². The van der Waals surface area contributed by atoms with Crippen LogP contribution in [0.3, 0.4) is 0 Å². The van der Waals surface area contributed by atoms with Crippen molar-refractivity contribution in [2.24, 2.45) is 4.99 Å². The van der Waals surface area contributed by atoms with E-state index in [2.05, 4.69) is 4.99 Å². The molecule has 0 radical (unpaired) electrons. The Morgan fingerprint density at radius 3 is 2.61 bits per heavy atom. The molecule has 0 saturated carbocycles. The van der Waals surface area contributed by atoms with Gasteiger partial charge in [-0.15, -0.1) is 0 Å². The molecule has 0 spiro atoms. The zero-order valence-corrected chi connectivity index (χ0v) is 20.2. The Morgan fingerprint density at radius 1 is 1.21 bits per heavy atom. The Labute approximate surface area is 197 Å². The molecule has 1 aliphatic rings. The summed E-state index contributed by atoms with van der Waals surface area (Å²) in [7, 11) is -1.05. The van der Waals surface area contributed by atoms with Crippen molar-refractivity contribution in [1.29, 1.82) is 5.26 Å². The Bertz CT molecular complexity index is 1240. The number of sulfonamides is 1. The zero-order chi connectivity index (χ0) is 24.0. The maximum Gasteiger partial charge on any atom is 0.266 e. The summed E-state index contributed by atoms with van der Waals surface area (Å²) < 4.78 is 53.0. The average Bonchev–Trinajstić information content (AvgIpc) is 2.83. The number of nitriles is 1. The number of rotatable bonds is 8. The third kappa shape index (κ3) is 5.55. The van der Waals surface area contributed by atoms with Crippen LogP contribution >= 0.6 is 11.8 Å². The molecule has 0 bridgehead atoms. The minimum absolute atomic E-state index is 0.0224. The Morgan fingerprint density at radius 2 is 2.00 bits per heavy atom. The Balaban J connectivity index is 2.11. The third-order valence-electron chi connectivity index (χ3n) is 5.09. The second kappa shape index (κ2) is 10.8. The fraction of sp³-hybridized carbons (Fsp3) is 0.304. The molecule has 0 saturated heterocycles. The van der Waals surface area contributed by atoms with Crippen LogP contribution in [0.5, 0.6) is 5.75 Å². The quantitative estimate of drug-likeness (QED) is 0.544. The number of hydrogen-bond donors (Lipinski definition) is 0. The predicted molar refractivity (Wildman–Crippen MR) is 126 cm³/mol. The largest absolute Gasteiger partial charge is 0.497 e. The van der Waals surface area contributed by atoms with Gasteiger partial charge in [0.2, 0.25) is 0 Å². The first-order chi connectivity index (χ1) is 15.8. The molecule has 0 unspecified atom stereocenters. The maximum atomic E-state index is 13.9. The molecule has 0 amide bonds. The summed E-state index contributed by atoms with van der Waals surface area (Å²) in [5.41, 5.74) is 2.23. The van der Waals surface area contributed by atoms with Gasteiger partial charge in [-0.2, -0.15) is 5.26 Å². The molecule has 33 heavy (non-hydrogen) atoms. The number of amidine groups is 1. The summed E-state index contributed by atoms with van der Waals surface area (Å²) >= 11 is 1.32. The van der Waals surface area contributed by atoms with E-state index in [9.17, 15) is 18.1 Å². The standard InChI is InChI=1S/C23H24FN3O4S2/c1-4-16-12-26-23(32-15-16)27(13-17-5-6-20(31-3)9-19(17)14-30-2)33(28,29)21-7-8-22(24)18(10-21)11-25/h5-10,12H,4,13-15H2,1-3H3. The van der Waals surface area contributed by atoms with Gasteiger partial charge in [0, 0.05) is 19.1 Å². The van der Waals surface area contributed by atoms with Crippen LogP contribution in [-0.4, -0.2) is 37.9 Å². The molecule has 2 aromatic carbocycles. The lowest BCUT2D eigenvalue weighted by Crippen LogP contribution is -2.36. The predicted octanol–water partition coefficient (Wildman–Crippen LogP) is 4.44. The summed E-state index contributed by atoms with van der Waals surface area (Å²) in [5.74, 6) is 0.458. The topological polar surface area (TPSA) is 92.0 Å². The molecular formula is C23H24FN3O4S2. The fourth-order valence-corrected chi connectivity index (χ4v) is 5.87. The maximum absolute atomic E-state index is 13.9. The van der Waals surface area contributed by atoms with Crippen LogP contribution in [0, 0.1) is 17.1 Å². The van der Waals surface area contributed by atoms with Crippen LogP contribution in [0.2, 0.25) is 0 Å². The molecule has 0 fully saturated rings. The molecule has 0 aromatic heterocycles. The van der Waals surface area contributed by atoms with Crippen LogP contribution in [0.1, 0.15) is 30.0 Å². The van der Waals surface area contributed by atoms with Gasteiger partial charge in [0.25, 0.3) is 10.0 Å². The van der Waals surface area contributed by atoms with Crippen molar-refractivity contribution in [3.8, 4) is 11.8 Å².